The molecule has 765 valence electrons. The number of alkyl carbamates (subject to hydrolysis) is 3. The van der Waals surface area contributed by atoms with Gasteiger partial charge in [-0.05, 0) is 225 Å². The predicted molar refractivity (Wildman–Crippen MR) is 483 cm³/mol. The van der Waals surface area contributed by atoms with Gasteiger partial charge in [0.2, 0.25) is 35.4 Å². The van der Waals surface area contributed by atoms with Gasteiger partial charge in [0.05, 0.1) is 63.9 Å². The van der Waals surface area contributed by atoms with Crippen molar-refractivity contribution in [1.82, 2.24) is 60.6 Å². The Morgan fingerprint density at radius 1 is 0.404 bits per heavy atom. The summed E-state index contributed by atoms with van der Waals surface area (Å²) in [6.45, 7) is 21.1. The van der Waals surface area contributed by atoms with E-state index in [0.717, 1.165) is 86.5 Å². The van der Waals surface area contributed by atoms with E-state index in [4.69, 9.17) is 50.0 Å². The Labute approximate surface area is 853 Å². The van der Waals surface area contributed by atoms with E-state index in [1.165, 1.54) is 21.1 Å². The van der Waals surface area contributed by atoms with E-state index in [1.54, 1.807) is 67.5 Å². The topological polar surface area (TPSA) is 332 Å². The number of benzene rings is 3. The summed E-state index contributed by atoms with van der Waals surface area (Å²) in [5, 5.41) is 8.92. The Kier molecular flexibility index (Phi) is 33.5. The summed E-state index contributed by atoms with van der Waals surface area (Å²) in [7, 11) is 0. The van der Waals surface area contributed by atoms with Crippen LogP contribution in [0.2, 0.25) is 5.02 Å². The number of aromatic nitrogens is 6. The van der Waals surface area contributed by atoms with Gasteiger partial charge >= 0.3 is 30.6 Å². The van der Waals surface area contributed by atoms with Crippen LogP contribution < -0.4 is 30.2 Å². The monoisotopic (exact) mass is 2110 g/mol. The minimum atomic E-state index is -4.71. The van der Waals surface area contributed by atoms with E-state index in [1.807, 2.05) is 46.3 Å². The van der Waals surface area contributed by atoms with Crippen LogP contribution in [0.4, 0.5) is 58.3 Å². The summed E-state index contributed by atoms with van der Waals surface area (Å²) in [5.74, 6) is -8.28. The quantitative estimate of drug-likeness (QED) is 0.0820. The average molecular weight is 2110 g/mol. The van der Waals surface area contributed by atoms with E-state index in [-0.39, 0.29) is 146 Å². The predicted octanol–water partition coefficient (Wildman–Crippen LogP) is 18.4. The Balaban J connectivity index is 0.000000176. The molecule has 18 rings (SSSR count). The summed E-state index contributed by atoms with van der Waals surface area (Å²) in [5.41, 5.74) is -4.72. The SMILES string of the molecule is CC[C@@H]1[C@@H]2CN(C(=O)[C@H](C(C)(C)C)NC(=O)O[C@@H]3CC4CC4[C@H]3CCCCC(F)(F)c3nc4ccc(C(F)(F)F)cc4nc3O2)[C@@H]1[C-]=O.CC[C@@H]1[C@@H]2CN(C(=O)[C@H](C(C)(C)C)NC(=O)O[C@@H]3CC4CC4[C@H]3CCCCCc3nc4ccc(Cl)cc4nc3O2)[C@@H]1[C-]=O.C[C@@H]1[C@@H]2CN(C(=O)[C@H](C(C)(C)C)NC(=O)O[C@@H]3CC4CC4[C@H]3CCCCC(F)(F)c3nc4ccc(C(F)(F)F)cc4nc3O2)[C@@H]1[C-]=O.[V].[V].[V]. The van der Waals surface area contributed by atoms with Crippen molar-refractivity contribution in [3.63, 3.8) is 0 Å². The fourth-order valence-electron chi connectivity index (χ4n) is 22.9. The molecule has 12 aliphatic rings. The number of nitrogens with zero attached hydrogens (tertiary/aromatic N) is 9. The molecule has 6 aliphatic heterocycles. The number of carbonyl (C=O) groups excluding carboxylic acids is 9. The molecule has 6 bridgehead atoms. The first-order valence-electron chi connectivity index (χ1n) is 48.5. The van der Waals surface area contributed by atoms with Crippen molar-refractivity contribution in [2.45, 2.75) is 315 Å². The number of hydrogen-bond acceptors (Lipinski definition) is 21. The van der Waals surface area contributed by atoms with Crippen LogP contribution >= 0.6 is 11.6 Å². The second-order valence-electron chi connectivity index (χ2n) is 43.2. The standard InChI is InChI=1S/C34H40F5N4O5.C33H42ClN4O5.C33H38F5N4O5.3V/c1-5-19-24(16-44)43-15-26(19)47-29-27(40-22-10-9-18(34(37,38)39)14-23(22)41-29)33(35,36)11-7-6-8-20-21-12-17(21)13-25(20)48-31(46)42-28(30(43)45)32(2,3)4;1-5-20-26(17-39)38-16-28(20)42-30-24(35-23-12-11-19(34)15-25(23)36-30)10-8-6-7-9-21-22-13-18(22)14-27(21)43-32(41)37-29(31(38)40)33(2,3)4;1-16-23(15-43)42-14-25(16)46-28-26(39-21-9-8-18(33(36,37)38)13-22(21)40-28)32(34,35)10-6-5-7-19-20-11-17(20)12-24(19)47-30(45)41-27(29(42)44)31(2,3)4;;;/h9-10,14,17,19-21,24-26,28H,5-8,11-13,15H2,1-4H3,(H,42,46);11-12,15,18,20-22,26-29H,5-10,13-14,16H2,1-4H3,(H,37,41);8-9,13,16-17,19-20,23-25,27H,5-7,10-12,14H2,1-4H3,(H,41,45);;;/q3*-1;;;/t17?,19-,20+,21?,24+,25+,26-,28+;18?,20-,21+,22?,26+,27+,28-,29+;16-,17?,19+,20?,23+,24+,25-,27+;;;/m000.../s1. The number of amides is 6. The molecule has 6 unspecified atom stereocenters. The van der Waals surface area contributed by atoms with Crippen LogP contribution in [-0.4, -0.2) is 192 Å². The number of aryl methyl sites for hydroxylation is 1. The third-order valence-corrected chi connectivity index (χ3v) is 31.0. The van der Waals surface area contributed by atoms with Crippen LogP contribution in [-0.2, 0) is 129 Å². The molecule has 3 N–H and O–H groups in total. The van der Waals surface area contributed by atoms with Crippen LogP contribution in [0.5, 0.6) is 17.6 Å². The molecule has 24 atom stereocenters. The summed E-state index contributed by atoms with van der Waals surface area (Å²) >= 11 is 6.27. The van der Waals surface area contributed by atoms with Crippen molar-refractivity contribution in [2.75, 3.05) is 19.6 Å². The Bertz CT molecular complexity index is 5630. The summed E-state index contributed by atoms with van der Waals surface area (Å²) in [6.07, 6.45) is 2.67. The fraction of sp³-hybridized carbons (Fsp3) is 0.670. The number of fused-ring (bicyclic) bond motifs is 21. The number of ether oxygens (including phenoxy) is 6. The summed E-state index contributed by atoms with van der Waals surface area (Å²) in [6, 6.07) is 4.13. The van der Waals surface area contributed by atoms with Crippen molar-refractivity contribution in [2.24, 2.45) is 87.3 Å². The molecule has 0 spiro atoms. The van der Waals surface area contributed by atoms with Crippen molar-refractivity contribution in [3.8, 4) is 17.6 Å². The zero-order valence-corrected chi connectivity index (χ0v) is 85.6. The van der Waals surface area contributed by atoms with Gasteiger partial charge in [-0.3, -0.25) is 14.4 Å². The van der Waals surface area contributed by atoms with Gasteiger partial charge < -0.3 is 73.5 Å². The van der Waals surface area contributed by atoms with Crippen LogP contribution in [0.15, 0.2) is 54.6 Å². The van der Waals surface area contributed by atoms with Crippen LogP contribution in [0.1, 0.15) is 240 Å². The van der Waals surface area contributed by atoms with Gasteiger partial charge in [-0.2, -0.15) is 43.9 Å². The molecule has 3 radical (unpaired) electrons. The molecule has 6 aliphatic carbocycles. The number of hydrogen-bond donors (Lipinski definition) is 3. The average Bonchev–Trinajstić information content (AvgIpc) is 1.62. The largest absolute Gasteiger partial charge is 0.540 e. The number of halogens is 11. The van der Waals surface area contributed by atoms with Crippen molar-refractivity contribution in [3.05, 3.63) is 87.8 Å². The maximum absolute atomic E-state index is 16.1. The Morgan fingerprint density at radius 3 is 1.12 bits per heavy atom. The van der Waals surface area contributed by atoms with Crippen LogP contribution in [0.25, 0.3) is 33.1 Å². The van der Waals surface area contributed by atoms with E-state index in [2.05, 4.69) is 42.2 Å². The van der Waals surface area contributed by atoms with Crippen molar-refractivity contribution in [1.29, 1.82) is 0 Å². The van der Waals surface area contributed by atoms with Gasteiger partial charge in [0.15, 0.2) is 11.4 Å². The number of nitrogens with one attached hydrogen (secondary N) is 3. The molecule has 27 nitrogen and oxygen atoms in total. The molecule has 141 heavy (non-hydrogen) atoms. The first kappa shape index (κ1) is 110. The molecule has 9 fully saturated rings. The van der Waals surface area contributed by atoms with Crippen molar-refractivity contribution >= 4 is 99.6 Å². The van der Waals surface area contributed by atoms with Crippen LogP contribution in [0, 0.1) is 87.3 Å². The molecule has 9 heterocycles. The zero-order chi connectivity index (χ0) is 99.3. The zero-order valence-electron chi connectivity index (χ0n) is 80.7. The van der Waals surface area contributed by atoms with Gasteiger partial charge in [-0.15, -0.1) is 0 Å². The maximum atomic E-state index is 16.1. The molecule has 3 aromatic carbocycles. The molecular formula is C100H120ClF10N12O15V3-3. The Hall–Kier alpha value is -8.35. The third kappa shape index (κ3) is 23.8. The van der Waals surface area contributed by atoms with Gasteiger partial charge in [-0.1, -0.05) is 151 Å². The van der Waals surface area contributed by atoms with Gasteiger partial charge in [0.25, 0.3) is 11.8 Å². The van der Waals surface area contributed by atoms with Crippen molar-refractivity contribution < 1.29 is 171 Å². The first-order chi connectivity index (χ1) is 65.1. The Morgan fingerprint density at radius 2 is 0.745 bits per heavy atom. The summed E-state index contributed by atoms with van der Waals surface area (Å²) < 4.78 is 182. The fourth-order valence-corrected chi connectivity index (χ4v) is 23.1. The van der Waals surface area contributed by atoms with Gasteiger partial charge in [0.1, 0.15) is 60.4 Å². The molecule has 6 aromatic rings. The first-order valence-corrected chi connectivity index (χ1v) is 48.9. The molecule has 6 saturated carbocycles. The maximum Gasteiger partial charge on any atom is 0.416 e. The number of alkyl halides is 10. The van der Waals surface area contributed by atoms with E-state index in [0.29, 0.717) is 115 Å². The third-order valence-electron chi connectivity index (χ3n) is 30.7. The number of carbonyl (C=O) groups is 6. The molecule has 3 saturated heterocycles. The summed E-state index contributed by atoms with van der Waals surface area (Å²) in [4.78, 5) is 149. The van der Waals surface area contributed by atoms with Gasteiger partial charge in [0, 0.05) is 73.5 Å². The van der Waals surface area contributed by atoms with E-state index < -0.39 is 196 Å². The van der Waals surface area contributed by atoms with Crippen LogP contribution in [0.3, 0.4) is 0 Å². The second kappa shape index (κ2) is 43.0. The number of rotatable bonds is 5. The molecular weight excluding hydrogens is 1990 g/mol. The molecule has 41 heteroatoms. The minimum Gasteiger partial charge on any atom is -0.540 e. The molecule has 6 amide bonds. The molecule has 3 aromatic heterocycles. The smallest absolute Gasteiger partial charge is 0.416 e. The van der Waals surface area contributed by atoms with E-state index >= 15 is 17.6 Å². The van der Waals surface area contributed by atoms with E-state index in [9.17, 15) is 69.5 Å². The second-order valence-corrected chi connectivity index (χ2v) is 43.7. The van der Waals surface area contributed by atoms with Gasteiger partial charge in [-0.25, -0.2) is 63.1 Å². The normalized spacial score (nSPS) is 32.2. The minimum absolute atomic E-state index is 0.